The third kappa shape index (κ3) is 4.97. The number of sulfonamides is 1. The molecule has 1 aliphatic heterocycles. The standard InChI is InChI=1S/C20H29N3O3S/c1-23(18-7-3-2-4-8-18)27(25,26)19-9-5-6-17(14-19)20(24)22-15-16-10-12-21-13-11-16/h5-6,9-10,14,18,21H,2-4,7-8,11-13,15H2,1H3,(H,22,24). The Morgan fingerprint density at radius 1 is 1.26 bits per heavy atom. The Hall–Kier alpha value is -1.70. The first-order chi connectivity index (χ1) is 13.0. The molecule has 0 atom stereocenters. The summed E-state index contributed by atoms with van der Waals surface area (Å²) >= 11 is 0. The lowest BCUT2D eigenvalue weighted by Crippen LogP contribution is -2.38. The monoisotopic (exact) mass is 391 g/mol. The summed E-state index contributed by atoms with van der Waals surface area (Å²) < 4.78 is 27.5. The van der Waals surface area contributed by atoms with Gasteiger partial charge in [-0.05, 0) is 44.0 Å². The van der Waals surface area contributed by atoms with E-state index in [4.69, 9.17) is 0 Å². The molecule has 1 heterocycles. The number of hydrogen-bond acceptors (Lipinski definition) is 4. The highest BCUT2D eigenvalue weighted by Gasteiger charge is 2.29. The van der Waals surface area contributed by atoms with Crippen LogP contribution in [0.25, 0.3) is 0 Å². The molecule has 1 aromatic carbocycles. The van der Waals surface area contributed by atoms with E-state index < -0.39 is 10.0 Å². The maximum atomic E-state index is 13.0. The molecule has 0 bridgehead atoms. The molecular formula is C20H29N3O3S. The van der Waals surface area contributed by atoms with Crippen molar-refractivity contribution >= 4 is 15.9 Å². The third-order valence-electron chi connectivity index (χ3n) is 5.50. The fraction of sp³-hybridized carbons (Fsp3) is 0.550. The highest BCUT2D eigenvalue weighted by atomic mass is 32.2. The maximum Gasteiger partial charge on any atom is 0.251 e. The second kappa shape index (κ2) is 8.99. The summed E-state index contributed by atoms with van der Waals surface area (Å²) in [6.07, 6.45) is 8.12. The highest BCUT2D eigenvalue weighted by Crippen LogP contribution is 2.26. The van der Waals surface area contributed by atoms with Crippen molar-refractivity contribution in [2.24, 2.45) is 0 Å². The van der Waals surface area contributed by atoms with Gasteiger partial charge in [0.15, 0.2) is 0 Å². The Bertz CT molecular complexity index is 798. The van der Waals surface area contributed by atoms with Crippen LogP contribution < -0.4 is 10.6 Å². The van der Waals surface area contributed by atoms with Crippen LogP contribution in [-0.2, 0) is 10.0 Å². The normalized spacial score (nSPS) is 19.0. The summed E-state index contributed by atoms with van der Waals surface area (Å²) in [6, 6.07) is 6.40. The number of carbonyl (C=O) groups excluding carboxylic acids is 1. The van der Waals surface area contributed by atoms with E-state index in [1.54, 1.807) is 25.2 Å². The molecule has 0 unspecified atom stereocenters. The number of nitrogens with one attached hydrogen (secondary N) is 2. The summed E-state index contributed by atoms with van der Waals surface area (Å²) in [7, 11) is -1.94. The van der Waals surface area contributed by atoms with Gasteiger partial charge in [-0.15, -0.1) is 0 Å². The van der Waals surface area contributed by atoms with Gasteiger partial charge in [-0.25, -0.2) is 8.42 Å². The Morgan fingerprint density at radius 2 is 2.04 bits per heavy atom. The van der Waals surface area contributed by atoms with Gasteiger partial charge in [0.25, 0.3) is 5.91 Å². The molecule has 27 heavy (non-hydrogen) atoms. The first-order valence-electron chi connectivity index (χ1n) is 9.73. The van der Waals surface area contributed by atoms with Crippen LogP contribution in [0.1, 0.15) is 48.9 Å². The lowest BCUT2D eigenvalue weighted by molar-refractivity contribution is 0.0956. The van der Waals surface area contributed by atoms with Gasteiger partial charge in [-0.2, -0.15) is 4.31 Å². The molecule has 0 radical (unpaired) electrons. The molecule has 1 saturated carbocycles. The van der Waals surface area contributed by atoms with Gasteiger partial charge in [0.1, 0.15) is 0 Å². The molecule has 2 aliphatic rings. The number of carbonyl (C=O) groups is 1. The van der Waals surface area contributed by atoms with Crippen molar-refractivity contribution < 1.29 is 13.2 Å². The second-order valence-corrected chi connectivity index (χ2v) is 9.34. The van der Waals surface area contributed by atoms with E-state index in [0.29, 0.717) is 12.1 Å². The van der Waals surface area contributed by atoms with Crippen LogP contribution in [0, 0.1) is 0 Å². The van der Waals surface area contributed by atoms with Crippen molar-refractivity contribution in [2.75, 3.05) is 26.7 Å². The quantitative estimate of drug-likeness (QED) is 0.730. The zero-order chi connectivity index (χ0) is 19.3. The Labute approximate surface area is 162 Å². The number of rotatable bonds is 6. The van der Waals surface area contributed by atoms with Crippen LogP contribution in [0.15, 0.2) is 40.8 Å². The van der Waals surface area contributed by atoms with E-state index in [9.17, 15) is 13.2 Å². The van der Waals surface area contributed by atoms with Gasteiger partial charge < -0.3 is 10.6 Å². The summed E-state index contributed by atoms with van der Waals surface area (Å²) in [5.74, 6) is -0.244. The number of hydrogen-bond donors (Lipinski definition) is 2. The van der Waals surface area contributed by atoms with Crippen molar-refractivity contribution in [1.82, 2.24) is 14.9 Å². The summed E-state index contributed by atoms with van der Waals surface area (Å²) in [6.45, 7) is 2.24. The largest absolute Gasteiger partial charge is 0.348 e. The number of amides is 1. The van der Waals surface area contributed by atoms with Crippen molar-refractivity contribution in [1.29, 1.82) is 0 Å². The zero-order valence-corrected chi connectivity index (χ0v) is 16.7. The molecule has 3 rings (SSSR count). The second-order valence-electron chi connectivity index (χ2n) is 7.34. The van der Waals surface area contributed by atoms with Gasteiger partial charge in [0, 0.05) is 31.7 Å². The first-order valence-corrected chi connectivity index (χ1v) is 11.2. The third-order valence-corrected chi connectivity index (χ3v) is 7.40. The van der Waals surface area contributed by atoms with Crippen LogP contribution in [0.2, 0.25) is 0 Å². The molecule has 1 aromatic rings. The van der Waals surface area contributed by atoms with Crippen LogP contribution in [0.5, 0.6) is 0 Å². The molecule has 148 valence electrons. The molecule has 7 heteroatoms. The summed E-state index contributed by atoms with van der Waals surface area (Å²) in [5, 5.41) is 6.13. The van der Waals surface area contributed by atoms with Crippen LogP contribution >= 0.6 is 0 Å². The molecule has 2 N–H and O–H groups in total. The van der Waals surface area contributed by atoms with E-state index >= 15 is 0 Å². The Kier molecular flexibility index (Phi) is 6.68. The van der Waals surface area contributed by atoms with E-state index in [1.807, 2.05) is 0 Å². The van der Waals surface area contributed by atoms with E-state index in [-0.39, 0.29) is 16.8 Å². The molecule has 1 fully saturated rings. The molecule has 1 aliphatic carbocycles. The maximum absolute atomic E-state index is 13.0. The van der Waals surface area contributed by atoms with Gasteiger partial charge in [-0.3, -0.25) is 4.79 Å². The number of benzene rings is 1. The molecule has 6 nitrogen and oxygen atoms in total. The summed E-state index contributed by atoms with van der Waals surface area (Å²) in [5.41, 5.74) is 1.57. The van der Waals surface area contributed by atoms with Crippen LogP contribution in [0.4, 0.5) is 0 Å². The minimum Gasteiger partial charge on any atom is -0.348 e. The first kappa shape index (κ1) is 20.0. The lowest BCUT2D eigenvalue weighted by atomic mass is 9.96. The van der Waals surface area contributed by atoms with Gasteiger partial charge >= 0.3 is 0 Å². The number of nitrogens with zero attached hydrogens (tertiary/aromatic N) is 1. The summed E-state index contributed by atoms with van der Waals surface area (Å²) in [4.78, 5) is 12.7. The minimum atomic E-state index is -3.60. The van der Waals surface area contributed by atoms with Crippen LogP contribution in [-0.4, -0.2) is 51.4 Å². The average Bonchev–Trinajstić information content (AvgIpc) is 2.73. The van der Waals surface area contributed by atoms with Crippen molar-refractivity contribution in [3.8, 4) is 0 Å². The Balaban J connectivity index is 1.69. The topological polar surface area (TPSA) is 78.5 Å². The molecule has 0 saturated heterocycles. The predicted octanol–water partition coefficient (Wildman–Crippen LogP) is 2.29. The van der Waals surface area contributed by atoms with Gasteiger partial charge in [0.2, 0.25) is 10.0 Å². The zero-order valence-electron chi connectivity index (χ0n) is 15.9. The highest BCUT2D eigenvalue weighted by molar-refractivity contribution is 7.89. The van der Waals surface area contributed by atoms with Gasteiger partial charge in [0.05, 0.1) is 4.90 Å². The van der Waals surface area contributed by atoms with Crippen molar-refractivity contribution in [2.45, 2.75) is 49.5 Å². The van der Waals surface area contributed by atoms with E-state index in [1.165, 1.54) is 22.4 Å². The predicted molar refractivity (Wildman–Crippen MR) is 106 cm³/mol. The SMILES string of the molecule is CN(C1CCCCC1)S(=O)(=O)c1cccc(C(=O)NCC2=CCNCC2)c1. The smallest absolute Gasteiger partial charge is 0.251 e. The molecule has 0 spiro atoms. The minimum absolute atomic E-state index is 0.0491. The van der Waals surface area contributed by atoms with Gasteiger partial charge in [-0.1, -0.05) is 37.0 Å². The van der Waals surface area contributed by atoms with Crippen molar-refractivity contribution in [3.63, 3.8) is 0 Å². The average molecular weight is 392 g/mol. The van der Waals surface area contributed by atoms with E-state index in [0.717, 1.165) is 45.2 Å². The fourth-order valence-corrected chi connectivity index (χ4v) is 5.19. The lowest BCUT2D eigenvalue weighted by Gasteiger charge is -2.30. The molecular weight excluding hydrogens is 362 g/mol. The van der Waals surface area contributed by atoms with Crippen LogP contribution in [0.3, 0.4) is 0 Å². The fourth-order valence-electron chi connectivity index (χ4n) is 3.73. The van der Waals surface area contributed by atoms with Crippen molar-refractivity contribution in [3.05, 3.63) is 41.5 Å². The molecule has 1 amide bonds. The Morgan fingerprint density at radius 3 is 2.74 bits per heavy atom. The molecule has 0 aromatic heterocycles. The van der Waals surface area contributed by atoms with E-state index in [2.05, 4.69) is 16.7 Å².